The van der Waals surface area contributed by atoms with E-state index in [1.165, 1.54) is 0 Å². The third-order valence-corrected chi connectivity index (χ3v) is 6.63. The van der Waals surface area contributed by atoms with Crippen LogP contribution in [-0.4, -0.2) is 37.8 Å². The Bertz CT molecular complexity index is 668. The summed E-state index contributed by atoms with van der Waals surface area (Å²) in [6, 6.07) is 7.12. The summed E-state index contributed by atoms with van der Waals surface area (Å²) in [6.45, 7) is 7.18. The monoisotopic (exact) mass is 366 g/mol. The summed E-state index contributed by atoms with van der Waals surface area (Å²) in [7, 11) is -3.41. The Labute approximate surface area is 151 Å². The zero-order chi connectivity index (χ0) is 18.4. The molecule has 0 spiro atoms. The molecule has 1 unspecified atom stereocenters. The molecule has 1 aromatic carbocycles. The lowest BCUT2D eigenvalue weighted by molar-refractivity contribution is -0.121. The Hall–Kier alpha value is -1.40. The molecular formula is C19H30N2O3S. The van der Waals surface area contributed by atoms with E-state index in [9.17, 15) is 13.2 Å². The first-order chi connectivity index (χ1) is 11.8. The quantitative estimate of drug-likeness (QED) is 0.807. The fourth-order valence-corrected chi connectivity index (χ4v) is 4.88. The minimum Gasteiger partial charge on any atom is -0.356 e. The first-order valence-electron chi connectivity index (χ1n) is 9.18. The lowest BCUT2D eigenvalue weighted by Gasteiger charge is -2.32. The van der Waals surface area contributed by atoms with Gasteiger partial charge in [-0.15, -0.1) is 0 Å². The van der Waals surface area contributed by atoms with Crippen molar-refractivity contribution < 1.29 is 13.2 Å². The molecule has 0 radical (unpaired) electrons. The minimum atomic E-state index is -3.41. The molecular weight excluding hydrogens is 336 g/mol. The lowest BCUT2D eigenvalue weighted by Crippen LogP contribution is -2.41. The molecule has 0 aromatic heterocycles. The van der Waals surface area contributed by atoms with Crippen LogP contribution in [0.5, 0.6) is 0 Å². The van der Waals surface area contributed by atoms with Crippen molar-refractivity contribution in [2.45, 2.75) is 63.8 Å². The molecule has 140 valence electrons. The predicted molar refractivity (Wildman–Crippen MR) is 99.8 cm³/mol. The van der Waals surface area contributed by atoms with Crippen LogP contribution >= 0.6 is 0 Å². The van der Waals surface area contributed by atoms with E-state index in [1.807, 2.05) is 32.9 Å². The highest BCUT2D eigenvalue weighted by molar-refractivity contribution is 7.89. The minimum absolute atomic E-state index is 0.0632. The molecule has 1 heterocycles. The molecule has 1 saturated heterocycles. The molecule has 1 amide bonds. The second-order valence-corrected chi connectivity index (χ2v) is 9.19. The second-order valence-electron chi connectivity index (χ2n) is 7.30. The molecule has 1 aliphatic rings. The topological polar surface area (TPSA) is 66.5 Å². The van der Waals surface area contributed by atoms with E-state index in [0.717, 1.165) is 24.8 Å². The number of nitrogens with zero attached hydrogens (tertiary/aromatic N) is 1. The Balaban J connectivity index is 1.94. The predicted octanol–water partition coefficient (Wildman–Crippen LogP) is 2.95. The number of piperidine rings is 1. The normalized spacial score (nSPS) is 19.1. The van der Waals surface area contributed by atoms with E-state index >= 15 is 0 Å². The summed E-state index contributed by atoms with van der Waals surface area (Å²) in [6.07, 6.45) is 4.18. The molecule has 0 saturated carbocycles. The highest BCUT2D eigenvalue weighted by Crippen LogP contribution is 2.25. The third kappa shape index (κ3) is 5.54. The fraction of sp³-hybridized carbons (Fsp3) is 0.632. The van der Waals surface area contributed by atoms with Crippen molar-refractivity contribution in [2.75, 3.05) is 13.1 Å². The second kappa shape index (κ2) is 8.81. The van der Waals surface area contributed by atoms with E-state index in [1.54, 1.807) is 16.4 Å². The van der Waals surface area contributed by atoms with Crippen LogP contribution in [0.1, 0.15) is 52.0 Å². The molecule has 1 aromatic rings. The average Bonchev–Trinajstić information content (AvgIpc) is 2.55. The van der Waals surface area contributed by atoms with Crippen molar-refractivity contribution in [3.05, 3.63) is 29.8 Å². The van der Waals surface area contributed by atoms with Gasteiger partial charge < -0.3 is 5.32 Å². The summed E-state index contributed by atoms with van der Waals surface area (Å²) in [5.41, 5.74) is 1.02. The molecule has 0 aliphatic carbocycles. The number of nitrogens with one attached hydrogen (secondary N) is 1. The maximum atomic E-state index is 12.8. The van der Waals surface area contributed by atoms with Gasteiger partial charge in [0.25, 0.3) is 0 Å². The first kappa shape index (κ1) is 19.9. The van der Waals surface area contributed by atoms with Crippen molar-refractivity contribution >= 4 is 15.9 Å². The molecule has 1 fully saturated rings. The molecule has 1 atom stereocenters. The molecule has 1 aliphatic heterocycles. The molecule has 5 nitrogen and oxygen atoms in total. The first-order valence-corrected chi connectivity index (χ1v) is 10.6. The summed E-state index contributed by atoms with van der Waals surface area (Å²) < 4.78 is 27.2. The van der Waals surface area contributed by atoms with E-state index in [4.69, 9.17) is 0 Å². The summed E-state index contributed by atoms with van der Waals surface area (Å²) in [4.78, 5) is 12.0. The van der Waals surface area contributed by atoms with E-state index in [2.05, 4.69) is 5.32 Å². The van der Waals surface area contributed by atoms with E-state index < -0.39 is 10.0 Å². The highest BCUT2D eigenvalue weighted by Gasteiger charge is 2.30. The lowest BCUT2D eigenvalue weighted by atomic mass is 10.1. The van der Waals surface area contributed by atoms with Crippen LogP contribution in [0.3, 0.4) is 0 Å². The van der Waals surface area contributed by atoms with Gasteiger partial charge in [-0.05, 0) is 49.8 Å². The molecule has 1 N–H and O–H groups in total. The molecule has 0 bridgehead atoms. The van der Waals surface area contributed by atoms with Gasteiger partial charge in [0.1, 0.15) is 0 Å². The Morgan fingerprint density at radius 1 is 1.24 bits per heavy atom. The number of sulfonamides is 1. The number of hydrogen-bond donors (Lipinski definition) is 1. The number of benzene rings is 1. The standard InChI is InChI=1S/C19H30N2O3S/c1-15(2)14-19(22)20-12-11-17-7-9-18(10-8-17)25(23,24)21-13-5-4-6-16(21)3/h7-10,15-16H,4-6,11-14H2,1-3H3,(H,20,22). The van der Waals surface area contributed by atoms with Crippen molar-refractivity contribution in [3.8, 4) is 0 Å². The van der Waals surface area contributed by atoms with Gasteiger partial charge in [-0.1, -0.05) is 32.4 Å². The number of rotatable bonds is 7. The Kier molecular flexibility index (Phi) is 7.02. The van der Waals surface area contributed by atoms with Crippen molar-refractivity contribution in [2.24, 2.45) is 5.92 Å². The van der Waals surface area contributed by atoms with Crippen LogP contribution < -0.4 is 5.32 Å². The molecule has 6 heteroatoms. The SMILES string of the molecule is CC(C)CC(=O)NCCc1ccc(S(=O)(=O)N2CCCCC2C)cc1. The Morgan fingerprint density at radius 2 is 1.92 bits per heavy atom. The van der Waals surface area contributed by atoms with Gasteiger partial charge in [0.2, 0.25) is 15.9 Å². The van der Waals surface area contributed by atoms with Gasteiger partial charge in [-0.3, -0.25) is 4.79 Å². The third-order valence-electron chi connectivity index (χ3n) is 4.60. The smallest absolute Gasteiger partial charge is 0.243 e. The highest BCUT2D eigenvalue weighted by atomic mass is 32.2. The maximum absolute atomic E-state index is 12.8. The van der Waals surface area contributed by atoms with Crippen LogP contribution in [0, 0.1) is 5.92 Å². The molecule has 2 rings (SSSR count). The summed E-state index contributed by atoms with van der Waals surface area (Å²) in [5.74, 6) is 0.412. The fourth-order valence-electron chi connectivity index (χ4n) is 3.18. The van der Waals surface area contributed by atoms with Crippen LogP contribution in [0.25, 0.3) is 0 Å². The zero-order valence-corrected chi connectivity index (χ0v) is 16.3. The van der Waals surface area contributed by atoms with Gasteiger partial charge in [-0.25, -0.2) is 8.42 Å². The molecule has 25 heavy (non-hydrogen) atoms. The van der Waals surface area contributed by atoms with Gasteiger partial charge in [0.05, 0.1) is 4.90 Å². The van der Waals surface area contributed by atoms with Crippen LogP contribution in [-0.2, 0) is 21.2 Å². The van der Waals surface area contributed by atoms with Gasteiger partial charge in [0, 0.05) is 25.6 Å². The number of hydrogen-bond acceptors (Lipinski definition) is 3. The van der Waals surface area contributed by atoms with Crippen molar-refractivity contribution in [1.29, 1.82) is 0 Å². The Morgan fingerprint density at radius 3 is 2.52 bits per heavy atom. The summed E-state index contributed by atoms with van der Waals surface area (Å²) >= 11 is 0. The van der Waals surface area contributed by atoms with Crippen molar-refractivity contribution in [1.82, 2.24) is 9.62 Å². The summed E-state index contributed by atoms with van der Waals surface area (Å²) in [5, 5.41) is 2.90. The van der Waals surface area contributed by atoms with Crippen LogP contribution in [0.4, 0.5) is 0 Å². The number of carbonyl (C=O) groups is 1. The largest absolute Gasteiger partial charge is 0.356 e. The van der Waals surface area contributed by atoms with Gasteiger partial charge >= 0.3 is 0 Å². The maximum Gasteiger partial charge on any atom is 0.243 e. The van der Waals surface area contributed by atoms with Gasteiger partial charge in [0.15, 0.2) is 0 Å². The van der Waals surface area contributed by atoms with Crippen LogP contribution in [0.15, 0.2) is 29.2 Å². The van der Waals surface area contributed by atoms with Crippen LogP contribution in [0.2, 0.25) is 0 Å². The number of amides is 1. The van der Waals surface area contributed by atoms with Gasteiger partial charge in [-0.2, -0.15) is 4.31 Å². The zero-order valence-electron chi connectivity index (χ0n) is 15.5. The van der Waals surface area contributed by atoms with E-state index in [0.29, 0.717) is 36.7 Å². The van der Waals surface area contributed by atoms with Crippen molar-refractivity contribution in [3.63, 3.8) is 0 Å². The average molecular weight is 367 g/mol. The van der Waals surface area contributed by atoms with E-state index in [-0.39, 0.29) is 11.9 Å². The number of carbonyl (C=O) groups excluding carboxylic acids is 1.